The number of H-pyrrole nitrogens is 1. The van der Waals surface area contributed by atoms with Crippen LogP contribution in [0.4, 0.5) is 0 Å². The highest BCUT2D eigenvalue weighted by molar-refractivity contribution is 6.35. The fourth-order valence-corrected chi connectivity index (χ4v) is 2.49. The van der Waals surface area contributed by atoms with E-state index in [1.807, 2.05) is 19.1 Å². The number of amides is 1. The summed E-state index contributed by atoms with van der Waals surface area (Å²) in [7, 11) is 0. The topological polar surface area (TPSA) is 83.6 Å². The lowest BCUT2D eigenvalue weighted by Crippen LogP contribution is -2.26. The predicted molar refractivity (Wildman–Crippen MR) is 83.9 cm³/mol. The lowest BCUT2D eigenvalue weighted by Gasteiger charge is -2.09. The minimum absolute atomic E-state index is 0.152. The van der Waals surface area contributed by atoms with E-state index in [2.05, 4.69) is 25.7 Å². The zero-order chi connectivity index (χ0) is 15.5. The molecule has 1 amide bonds. The number of benzene rings is 1. The summed E-state index contributed by atoms with van der Waals surface area (Å²) in [6.07, 6.45) is 2.25. The summed E-state index contributed by atoms with van der Waals surface area (Å²) in [6.45, 7) is 2.32. The Morgan fingerprint density at radius 2 is 2.27 bits per heavy atom. The second kappa shape index (κ2) is 6.11. The molecule has 112 valence electrons. The molecule has 0 aliphatic heterocycles. The van der Waals surface area contributed by atoms with Gasteiger partial charge in [0.25, 0.3) is 5.91 Å². The number of aromatic nitrogens is 4. The molecule has 22 heavy (non-hydrogen) atoms. The van der Waals surface area contributed by atoms with E-state index in [0.29, 0.717) is 29.1 Å². The largest absolute Gasteiger partial charge is 0.352 e. The van der Waals surface area contributed by atoms with Gasteiger partial charge in [-0.2, -0.15) is 15.4 Å². The molecule has 0 atom stereocenters. The highest BCUT2D eigenvalue weighted by atomic mass is 35.5. The van der Waals surface area contributed by atoms with Crippen LogP contribution in [-0.2, 0) is 6.42 Å². The van der Waals surface area contributed by atoms with Crippen LogP contribution < -0.4 is 5.32 Å². The van der Waals surface area contributed by atoms with Gasteiger partial charge in [-0.15, -0.1) is 0 Å². The van der Waals surface area contributed by atoms with Crippen LogP contribution in [0.2, 0.25) is 5.02 Å². The first-order chi connectivity index (χ1) is 10.6. The van der Waals surface area contributed by atoms with Gasteiger partial charge in [-0.3, -0.25) is 9.78 Å². The van der Waals surface area contributed by atoms with Gasteiger partial charge in [0, 0.05) is 24.0 Å². The number of para-hydroxylation sites is 1. The Hall–Kier alpha value is -2.47. The first kappa shape index (κ1) is 14.5. The van der Waals surface area contributed by atoms with E-state index in [-0.39, 0.29) is 5.91 Å². The average Bonchev–Trinajstić information content (AvgIpc) is 3.01. The van der Waals surface area contributed by atoms with Crippen molar-refractivity contribution in [2.45, 2.75) is 13.3 Å². The van der Waals surface area contributed by atoms with Crippen LogP contribution in [0.15, 0.2) is 30.5 Å². The van der Waals surface area contributed by atoms with Crippen LogP contribution in [0, 0.1) is 6.92 Å². The maximum Gasteiger partial charge on any atom is 0.252 e. The van der Waals surface area contributed by atoms with Crippen molar-refractivity contribution in [2.75, 3.05) is 6.54 Å². The van der Waals surface area contributed by atoms with Crippen molar-refractivity contribution >= 4 is 28.4 Å². The van der Waals surface area contributed by atoms with E-state index in [9.17, 15) is 4.79 Å². The van der Waals surface area contributed by atoms with Crippen LogP contribution in [0.1, 0.15) is 21.7 Å². The van der Waals surface area contributed by atoms with Gasteiger partial charge in [-0.1, -0.05) is 23.7 Å². The van der Waals surface area contributed by atoms with Crippen LogP contribution in [0.5, 0.6) is 0 Å². The number of nitrogens with one attached hydrogen (secondary N) is 2. The molecular formula is C15H14ClN5O. The third kappa shape index (κ3) is 2.92. The Balaban J connectivity index is 1.82. The number of carbonyl (C=O) groups is 1. The van der Waals surface area contributed by atoms with Crippen molar-refractivity contribution in [3.8, 4) is 0 Å². The molecule has 0 spiro atoms. The van der Waals surface area contributed by atoms with Crippen LogP contribution in [-0.4, -0.2) is 32.8 Å². The molecule has 0 radical (unpaired) electrons. The maximum absolute atomic E-state index is 12.4. The number of carbonyl (C=O) groups excluding carboxylic acids is 1. The third-order valence-electron chi connectivity index (χ3n) is 3.29. The van der Waals surface area contributed by atoms with Gasteiger partial charge in [-0.05, 0) is 19.1 Å². The Morgan fingerprint density at radius 1 is 1.41 bits per heavy atom. The molecule has 2 heterocycles. The molecule has 0 aliphatic rings. The van der Waals surface area contributed by atoms with Crippen molar-refractivity contribution in [1.29, 1.82) is 0 Å². The van der Waals surface area contributed by atoms with Crippen molar-refractivity contribution in [2.24, 2.45) is 0 Å². The summed E-state index contributed by atoms with van der Waals surface area (Å²) in [4.78, 5) is 16.8. The molecule has 0 saturated heterocycles. The normalized spacial score (nSPS) is 10.8. The van der Waals surface area contributed by atoms with Gasteiger partial charge in [0.2, 0.25) is 0 Å². The molecule has 0 bridgehead atoms. The Kier molecular flexibility index (Phi) is 4.02. The minimum atomic E-state index is -0.152. The zero-order valence-electron chi connectivity index (χ0n) is 11.9. The average molecular weight is 316 g/mol. The van der Waals surface area contributed by atoms with E-state index >= 15 is 0 Å². The number of nitrogens with zero attached hydrogens (tertiary/aromatic N) is 3. The number of hydrogen-bond donors (Lipinski definition) is 2. The molecule has 3 rings (SSSR count). The van der Waals surface area contributed by atoms with E-state index in [1.54, 1.807) is 18.3 Å². The number of fused-ring (bicyclic) bond motifs is 1. The van der Waals surface area contributed by atoms with E-state index in [0.717, 1.165) is 16.8 Å². The number of aryl methyl sites for hydroxylation is 1. The number of pyridine rings is 1. The Labute approximate surface area is 131 Å². The fraction of sp³-hybridized carbons (Fsp3) is 0.200. The highest BCUT2D eigenvalue weighted by Crippen LogP contribution is 2.25. The maximum atomic E-state index is 12.4. The zero-order valence-corrected chi connectivity index (χ0v) is 12.7. The molecule has 2 aromatic heterocycles. The van der Waals surface area contributed by atoms with Crippen LogP contribution in [0.3, 0.4) is 0 Å². The second-order valence-electron chi connectivity index (χ2n) is 4.91. The van der Waals surface area contributed by atoms with Gasteiger partial charge in [0.1, 0.15) is 0 Å². The first-order valence-electron chi connectivity index (χ1n) is 6.84. The summed E-state index contributed by atoms with van der Waals surface area (Å²) >= 11 is 6.16. The summed E-state index contributed by atoms with van der Waals surface area (Å²) in [5.74, 6) is -0.152. The van der Waals surface area contributed by atoms with Crippen molar-refractivity contribution in [3.05, 3.63) is 52.4 Å². The highest BCUT2D eigenvalue weighted by Gasteiger charge is 2.13. The van der Waals surface area contributed by atoms with E-state index in [1.165, 1.54) is 0 Å². The molecule has 6 nitrogen and oxygen atoms in total. The molecule has 0 unspecified atom stereocenters. The van der Waals surface area contributed by atoms with Gasteiger partial charge in [-0.25, -0.2) is 0 Å². The van der Waals surface area contributed by atoms with E-state index in [4.69, 9.17) is 11.6 Å². The molecule has 1 aromatic carbocycles. The molecule has 0 aliphatic carbocycles. The first-order valence-corrected chi connectivity index (χ1v) is 7.21. The van der Waals surface area contributed by atoms with Crippen LogP contribution in [0.25, 0.3) is 10.9 Å². The summed E-state index contributed by atoms with van der Waals surface area (Å²) in [5, 5.41) is 14.4. The Morgan fingerprint density at radius 3 is 3.05 bits per heavy atom. The summed E-state index contributed by atoms with van der Waals surface area (Å²) < 4.78 is 0. The monoisotopic (exact) mass is 315 g/mol. The predicted octanol–water partition coefficient (Wildman–Crippen LogP) is 2.29. The van der Waals surface area contributed by atoms with Gasteiger partial charge >= 0.3 is 0 Å². The minimum Gasteiger partial charge on any atom is -0.352 e. The molecular weight excluding hydrogens is 302 g/mol. The summed E-state index contributed by atoms with van der Waals surface area (Å²) in [5.41, 5.74) is 2.78. The van der Waals surface area contributed by atoms with Crippen molar-refractivity contribution in [3.63, 3.8) is 0 Å². The SMILES string of the molecule is Cc1cc(C(=O)NCCc2cn[nH]n2)c2cccc(Cl)c2n1. The number of halogens is 1. The molecule has 0 fully saturated rings. The number of hydrogen-bond acceptors (Lipinski definition) is 4. The Bertz CT molecular complexity index is 816. The molecule has 0 saturated carbocycles. The van der Waals surface area contributed by atoms with Gasteiger partial charge < -0.3 is 5.32 Å². The fourth-order valence-electron chi connectivity index (χ4n) is 2.27. The lowest BCUT2D eigenvalue weighted by molar-refractivity contribution is 0.0955. The van der Waals surface area contributed by atoms with Gasteiger partial charge in [0.05, 0.1) is 28.0 Å². The standard InChI is InChI=1S/C15H14ClN5O/c1-9-7-12(11-3-2-4-13(16)14(11)19-9)15(22)17-6-5-10-8-18-21-20-10/h2-4,7-8H,5-6H2,1H3,(H,17,22)(H,18,20,21). The summed E-state index contributed by atoms with van der Waals surface area (Å²) in [6, 6.07) is 7.20. The molecule has 3 aromatic rings. The second-order valence-corrected chi connectivity index (χ2v) is 5.32. The molecule has 2 N–H and O–H groups in total. The van der Waals surface area contributed by atoms with Crippen LogP contribution >= 0.6 is 11.6 Å². The lowest BCUT2D eigenvalue weighted by atomic mass is 10.1. The molecule has 7 heteroatoms. The van der Waals surface area contributed by atoms with Crippen molar-refractivity contribution in [1.82, 2.24) is 25.7 Å². The van der Waals surface area contributed by atoms with E-state index < -0.39 is 0 Å². The van der Waals surface area contributed by atoms with Gasteiger partial charge in [0.15, 0.2) is 0 Å². The van der Waals surface area contributed by atoms with Crippen molar-refractivity contribution < 1.29 is 4.79 Å². The third-order valence-corrected chi connectivity index (χ3v) is 3.60. The number of rotatable bonds is 4. The number of aromatic amines is 1. The smallest absolute Gasteiger partial charge is 0.252 e. The quantitative estimate of drug-likeness (QED) is 0.773.